The Hall–Kier alpha value is -1.87. The normalized spacial score (nSPS) is 10.0. The van der Waals surface area contributed by atoms with Gasteiger partial charge in [-0.15, -0.1) is 5.10 Å². The molecule has 0 bridgehead atoms. The second kappa shape index (κ2) is 4.33. The molecule has 0 saturated carbocycles. The molecule has 0 atom stereocenters. The van der Waals surface area contributed by atoms with Crippen molar-refractivity contribution in [1.82, 2.24) is 19.8 Å². The van der Waals surface area contributed by atoms with Crippen molar-refractivity contribution in [3.05, 3.63) is 22.8 Å². The van der Waals surface area contributed by atoms with Gasteiger partial charge in [-0.25, -0.2) is 0 Å². The van der Waals surface area contributed by atoms with Crippen LogP contribution in [-0.2, 0) is 0 Å². The maximum absolute atomic E-state index is 11.6. The number of amides is 1. The molecule has 0 saturated heterocycles. The lowest BCUT2D eigenvalue weighted by atomic mass is 10.3. The molecule has 4 N–H and O–H groups in total. The zero-order valence-electron chi connectivity index (χ0n) is 7.80. The number of hydrogen-bond acceptors (Lipinski definition) is 6. The van der Waals surface area contributed by atoms with Gasteiger partial charge in [-0.3, -0.25) is 9.89 Å². The molecular formula is C7H6N6OS2. The van der Waals surface area contributed by atoms with Gasteiger partial charge in [0.25, 0.3) is 5.91 Å². The number of rotatable bonds is 3. The second-order valence-corrected chi connectivity index (χ2v) is 3.98. The first-order chi connectivity index (χ1) is 7.68. The fourth-order valence-corrected chi connectivity index (χ4v) is 1.58. The Kier molecular flexibility index (Phi) is 2.88. The van der Waals surface area contributed by atoms with Gasteiger partial charge < -0.3 is 11.1 Å². The molecule has 2 aromatic rings. The average Bonchev–Trinajstić information content (AvgIpc) is 2.86. The maximum atomic E-state index is 11.6. The van der Waals surface area contributed by atoms with Gasteiger partial charge in [-0.1, -0.05) is 16.7 Å². The fraction of sp³-hybridized carbons (Fsp3) is 0. The van der Waals surface area contributed by atoms with Crippen LogP contribution in [0.3, 0.4) is 0 Å². The monoisotopic (exact) mass is 254 g/mol. The molecule has 2 heterocycles. The van der Waals surface area contributed by atoms with Gasteiger partial charge >= 0.3 is 0 Å². The van der Waals surface area contributed by atoms with E-state index in [-0.39, 0.29) is 10.9 Å². The molecule has 1 amide bonds. The van der Waals surface area contributed by atoms with Crippen molar-refractivity contribution in [3.8, 4) is 0 Å². The Balaban J connectivity index is 2.18. The molecule has 7 nitrogen and oxygen atoms in total. The molecule has 9 heteroatoms. The zero-order valence-corrected chi connectivity index (χ0v) is 9.43. The molecule has 82 valence electrons. The van der Waals surface area contributed by atoms with E-state index >= 15 is 0 Å². The van der Waals surface area contributed by atoms with Crippen molar-refractivity contribution in [3.63, 3.8) is 0 Å². The molecule has 0 spiro atoms. The van der Waals surface area contributed by atoms with Crippen LogP contribution >= 0.6 is 23.8 Å². The first-order valence-corrected chi connectivity index (χ1v) is 5.28. The minimum absolute atomic E-state index is 0.159. The first-order valence-electron chi connectivity index (χ1n) is 4.10. The molecule has 0 aliphatic carbocycles. The lowest BCUT2D eigenvalue weighted by Crippen LogP contribution is -2.16. The number of anilines is 1. The molecule has 0 aliphatic rings. The standard InChI is InChI=1S/C7H6N6OS2/c8-5(15)3-1-9-12-6(3)11-7(14)4-2-10-13-16-4/h1-2H,(H2,8,15)(H2,9,11,12,14). The SMILES string of the molecule is NC(=S)c1cn[nH]c1NC(=O)c1cnns1. The number of nitrogens with two attached hydrogens (primary N) is 1. The molecule has 0 unspecified atom stereocenters. The Morgan fingerprint density at radius 2 is 2.38 bits per heavy atom. The summed E-state index contributed by atoms with van der Waals surface area (Å²) in [6.45, 7) is 0. The Morgan fingerprint density at radius 3 is 3.00 bits per heavy atom. The number of nitrogens with one attached hydrogen (secondary N) is 2. The van der Waals surface area contributed by atoms with Crippen LogP contribution in [0.4, 0.5) is 5.82 Å². The highest BCUT2D eigenvalue weighted by Crippen LogP contribution is 2.12. The van der Waals surface area contributed by atoms with Crippen LogP contribution in [0.5, 0.6) is 0 Å². The summed E-state index contributed by atoms with van der Waals surface area (Å²) >= 11 is 5.80. The van der Waals surface area contributed by atoms with Crippen molar-refractivity contribution in [2.24, 2.45) is 5.73 Å². The Labute approximate surface area is 99.2 Å². The van der Waals surface area contributed by atoms with E-state index in [9.17, 15) is 4.79 Å². The third kappa shape index (κ3) is 2.04. The van der Waals surface area contributed by atoms with Crippen molar-refractivity contribution in [2.75, 3.05) is 5.32 Å². The first kappa shape index (κ1) is 10.6. The highest BCUT2D eigenvalue weighted by Gasteiger charge is 2.13. The van der Waals surface area contributed by atoms with E-state index < -0.39 is 0 Å². The van der Waals surface area contributed by atoms with Crippen LogP contribution in [-0.4, -0.2) is 30.7 Å². The summed E-state index contributed by atoms with van der Waals surface area (Å²) in [5.41, 5.74) is 5.94. The van der Waals surface area contributed by atoms with Crippen LogP contribution in [0.1, 0.15) is 15.2 Å². The molecule has 0 aromatic carbocycles. The molecule has 16 heavy (non-hydrogen) atoms. The van der Waals surface area contributed by atoms with Crippen molar-refractivity contribution in [1.29, 1.82) is 0 Å². The zero-order chi connectivity index (χ0) is 11.5. The molecular weight excluding hydrogens is 248 g/mol. The maximum Gasteiger partial charge on any atom is 0.270 e. The lowest BCUT2D eigenvalue weighted by Gasteiger charge is -2.01. The number of thiocarbonyl (C=S) groups is 1. The molecule has 2 rings (SSSR count). The number of nitrogens with zero attached hydrogens (tertiary/aromatic N) is 3. The summed E-state index contributed by atoms with van der Waals surface area (Å²) < 4.78 is 3.58. The summed E-state index contributed by atoms with van der Waals surface area (Å²) in [6, 6.07) is 0. The topological polar surface area (TPSA) is 110 Å². The lowest BCUT2D eigenvalue weighted by molar-refractivity contribution is 0.103. The van der Waals surface area contributed by atoms with Gasteiger partial charge in [0, 0.05) is 0 Å². The highest BCUT2D eigenvalue weighted by atomic mass is 32.1. The molecule has 0 fully saturated rings. The number of aromatic amines is 1. The molecule has 0 radical (unpaired) electrons. The number of carbonyl (C=O) groups excluding carboxylic acids is 1. The number of H-pyrrole nitrogens is 1. The van der Waals surface area contributed by atoms with Crippen molar-refractivity contribution >= 4 is 40.5 Å². The van der Waals surface area contributed by atoms with Crippen LogP contribution < -0.4 is 11.1 Å². The quantitative estimate of drug-likeness (QED) is 0.672. The second-order valence-electron chi connectivity index (χ2n) is 2.76. The Morgan fingerprint density at radius 1 is 1.56 bits per heavy atom. The van der Waals surface area contributed by atoms with Gasteiger partial charge in [0.05, 0.1) is 18.0 Å². The predicted octanol–water partition coefficient (Wildman–Crippen LogP) is 0.148. The fourth-order valence-electron chi connectivity index (χ4n) is 1.01. The van der Waals surface area contributed by atoms with E-state index in [0.29, 0.717) is 16.3 Å². The van der Waals surface area contributed by atoms with Crippen LogP contribution in [0, 0.1) is 0 Å². The van der Waals surface area contributed by atoms with Gasteiger partial charge in [0.15, 0.2) is 0 Å². The van der Waals surface area contributed by atoms with E-state index in [4.69, 9.17) is 18.0 Å². The largest absolute Gasteiger partial charge is 0.389 e. The van der Waals surface area contributed by atoms with Crippen molar-refractivity contribution in [2.45, 2.75) is 0 Å². The summed E-state index contributed by atoms with van der Waals surface area (Å²) in [5.74, 6) is 0.0302. The predicted molar refractivity (Wildman–Crippen MR) is 62.3 cm³/mol. The van der Waals surface area contributed by atoms with Crippen molar-refractivity contribution < 1.29 is 4.79 Å². The van der Waals surface area contributed by atoms with Crippen LogP contribution in [0.15, 0.2) is 12.4 Å². The third-order valence-corrected chi connectivity index (χ3v) is 2.61. The summed E-state index contributed by atoms with van der Waals surface area (Å²) in [4.78, 5) is 12.2. The van der Waals surface area contributed by atoms with Gasteiger partial charge in [-0.05, 0) is 11.5 Å². The van der Waals surface area contributed by atoms with Gasteiger partial charge in [-0.2, -0.15) is 5.10 Å². The summed E-state index contributed by atoms with van der Waals surface area (Å²) in [6.07, 6.45) is 2.82. The average molecular weight is 254 g/mol. The Bertz CT molecular complexity index is 519. The molecule has 0 aliphatic heterocycles. The van der Waals surface area contributed by atoms with E-state index in [1.807, 2.05) is 0 Å². The van der Waals surface area contributed by atoms with Gasteiger partial charge in [0.2, 0.25) is 0 Å². The van der Waals surface area contributed by atoms with E-state index in [0.717, 1.165) is 11.5 Å². The summed E-state index contributed by atoms with van der Waals surface area (Å²) in [7, 11) is 0. The smallest absolute Gasteiger partial charge is 0.270 e. The van der Waals surface area contributed by atoms with E-state index in [1.54, 1.807) is 0 Å². The van der Waals surface area contributed by atoms with Crippen LogP contribution in [0.2, 0.25) is 0 Å². The van der Waals surface area contributed by atoms with E-state index in [1.165, 1.54) is 12.4 Å². The van der Waals surface area contributed by atoms with Crippen LogP contribution in [0.25, 0.3) is 0 Å². The third-order valence-electron chi connectivity index (χ3n) is 1.73. The molecule has 2 aromatic heterocycles. The van der Waals surface area contributed by atoms with Gasteiger partial charge in [0.1, 0.15) is 15.7 Å². The summed E-state index contributed by atoms with van der Waals surface area (Å²) in [5, 5.41) is 12.5. The number of carbonyl (C=O) groups is 1. The number of aromatic nitrogens is 4. The number of hydrogen-bond donors (Lipinski definition) is 3. The minimum Gasteiger partial charge on any atom is -0.389 e. The highest BCUT2D eigenvalue weighted by molar-refractivity contribution is 7.80. The minimum atomic E-state index is -0.336. The van der Waals surface area contributed by atoms with E-state index in [2.05, 4.69) is 25.1 Å².